The molecule has 51 heavy (non-hydrogen) atoms. The summed E-state index contributed by atoms with van der Waals surface area (Å²) in [4.78, 5) is 17.7. The molecule has 4 aliphatic carbocycles. The predicted octanol–water partition coefficient (Wildman–Crippen LogP) is 7.53. The van der Waals surface area contributed by atoms with Gasteiger partial charge in [-0.15, -0.1) is 5.10 Å². The van der Waals surface area contributed by atoms with Crippen LogP contribution in [0.3, 0.4) is 0 Å². The molecule has 3 N–H and O–H groups in total. The Balaban J connectivity index is 1.43. The number of tetrazole rings is 1. The van der Waals surface area contributed by atoms with Crippen molar-refractivity contribution in [2.45, 2.75) is 139 Å². The monoisotopic (exact) mass is 711 g/mol. The van der Waals surface area contributed by atoms with Crippen molar-refractivity contribution >= 4 is 11.9 Å². The van der Waals surface area contributed by atoms with Crippen molar-refractivity contribution in [1.82, 2.24) is 25.1 Å². The Morgan fingerprint density at radius 3 is 2.43 bits per heavy atom. The fraction of sp³-hybridized carbons (Fsp3) is 0.902. The Kier molecular flexibility index (Phi) is 9.91. The highest BCUT2D eigenvalue weighted by atomic mass is 16.5. The molecule has 288 valence electrons. The number of hydrogen-bond donors (Lipinski definition) is 2. The number of ether oxygens (including phenoxy) is 2. The molecule has 1 aromatic rings. The molecule has 5 aliphatic rings. The largest absolute Gasteiger partial charge is 0.481 e. The molecule has 10 heteroatoms. The number of rotatable bonds is 11. The summed E-state index contributed by atoms with van der Waals surface area (Å²) < 4.78 is 14.0. The molecule has 0 aromatic carbocycles. The van der Waals surface area contributed by atoms with Gasteiger partial charge in [0.2, 0.25) is 0 Å². The summed E-state index contributed by atoms with van der Waals surface area (Å²) in [5, 5.41) is 24.4. The second kappa shape index (κ2) is 13.1. The zero-order valence-corrected chi connectivity index (χ0v) is 34.0. The summed E-state index contributed by atoms with van der Waals surface area (Å²) in [6.45, 7) is 28.3. The standard InChI is InChI=1S/C41H70N6O4/c1-13-20-46(12)40(11,26(4)5)23-51-33-30(47-44-35(42)43-45-47)21-41-24-50-22-37(33,8)31(41)15-14-28-29(41)16-17-39(10)32(34(48)49)36(7,27(6)25(2)3)18-19-38(28,39)9/h16,25-28,30-33H,13-15,17-24H2,1-12H3,(H2,42,44)(H,48,49)/t27-,28+,30-,31+,32-,33+,36-,37-,38-,39+,40+,41+/m1/s1. The van der Waals surface area contributed by atoms with Gasteiger partial charge in [0.15, 0.2) is 0 Å². The molecular weight excluding hydrogens is 640 g/mol. The number of fused-ring (bicyclic) bond motifs is 3. The van der Waals surface area contributed by atoms with Crippen LogP contribution in [0.2, 0.25) is 0 Å². The first-order chi connectivity index (χ1) is 23.8. The summed E-state index contributed by atoms with van der Waals surface area (Å²) in [7, 11) is 2.22. The molecule has 3 saturated carbocycles. The minimum atomic E-state index is -0.624. The second-order valence-electron chi connectivity index (χ2n) is 19.8. The van der Waals surface area contributed by atoms with Gasteiger partial charge in [0, 0.05) is 16.4 Å². The number of aromatic nitrogens is 4. The molecular formula is C41H70N6O4. The van der Waals surface area contributed by atoms with Gasteiger partial charge in [0.1, 0.15) is 6.04 Å². The number of nitrogens with two attached hydrogens (primary N) is 1. The van der Waals surface area contributed by atoms with Crippen molar-refractivity contribution in [3.05, 3.63) is 11.6 Å². The van der Waals surface area contributed by atoms with Crippen LogP contribution in [0.15, 0.2) is 11.6 Å². The van der Waals surface area contributed by atoms with Crippen LogP contribution in [-0.2, 0) is 14.3 Å². The normalized spacial score (nSPS) is 42.5. The number of carboxylic acids is 1. The van der Waals surface area contributed by atoms with E-state index in [-0.39, 0.29) is 56.6 Å². The molecule has 0 amide bonds. The Hall–Kier alpha value is -2.04. The van der Waals surface area contributed by atoms with E-state index in [2.05, 4.69) is 110 Å². The van der Waals surface area contributed by atoms with E-state index in [4.69, 9.17) is 15.2 Å². The molecule has 6 rings (SSSR count). The zero-order chi connectivity index (χ0) is 37.5. The average Bonchev–Trinajstić information content (AvgIpc) is 3.49. The minimum Gasteiger partial charge on any atom is -0.481 e. The summed E-state index contributed by atoms with van der Waals surface area (Å²) in [5.74, 6) is 0.910. The molecule has 1 aromatic heterocycles. The summed E-state index contributed by atoms with van der Waals surface area (Å²) >= 11 is 0. The average molecular weight is 711 g/mol. The van der Waals surface area contributed by atoms with Gasteiger partial charge in [0.05, 0.1) is 31.8 Å². The highest BCUT2D eigenvalue weighted by Gasteiger charge is 2.72. The topological polar surface area (TPSA) is 129 Å². The molecule has 1 aliphatic heterocycles. The van der Waals surface area contributed by atoms with E-state index in [9.17, 15) is 9.90 Å². The van der Waals surface area contributed by atoms with Gasteiger partial charge in [-0.1, -0.05) is 86.0 Å². The second-order valence-corrected chi connectivity index (χ2v) is 19.8. The lowest BCUT2D eigenvalue weighted by molar-refractivity contribution is -0.256. The predicted molar refractivity (Wildman–Crippen MR) is 201 cm³/mol. The van der Waals surface area contributed by atoms with E-state index in [1.54, 1.807) is 4.80 Å². The van der Waals surface area contributed by atoms with Crippen molar-refractivity contribution in [3.8, 4) is 0 Å². The number of carboxylic acid groups (broad SMARTS) is 1. The zero-order valence-electron chi connectivity index (χ0n) is 34.0. The molecule has 10 nitrogen and oxygen atoms in total. The Morgan fingerprint density at radius 2 is 1.84 bits per heavy atom. The number of carbonyl (C=O) groups is 1. The van der Waals surface area contributed by atoms with Crippen molar-refractivity contribution in [1.29, 1.82) is 0 Å². The van der Waals surface area contributed by atoms with E-state index in [1.807, 2.05) is 0 Å². The lowest BCUT2D eigenvalue weighted by atomic mass is 9.34. The van der Waals surface area contributed by atoms with E-state index < -0.39 is 11.9 Å². The molecule has 0 radical (unpaired) electrons. The minimum absolute atomic E-state index is 0.147. The Bertz CT molecular complexity index is 1500. The van der Waals surface area contributed by atoms with E-state index in [1.165, 1.54) is 5.57 Å². The maximum Gasteiger partial charge on any atom is 0.307 e. The lowest BCUT2D eigenvalue weighted by Crippen LogP contribution is -2.69. The number of allylic oxidation sites excluding steroid dienone is 1. The fourth-order valence-electron chi connectivity index (χ4n) is 13.1. The van der Waals surface area contributed by atoms with Crippen LogP contribution >= 0.6 is 0 Å². The quantitative estimate of drug-likeness (QED) is 0.224. The third-order valence-corrected chi connectivity index (χ3v) is 17.1. The van der Waals surface area contributed by atoms with Gasteiger partial charge in [0.25, 0.3) is 5.95 Å². The van der Waals surface area contributed by atoms with Crippen molar-refractivity contribution < 1.29 is 19.4 Å². The van der Waals surface area contributed by atoms with Crippen LogP contribution in [0.1, 0.15) is 127 Å². The van der Waals surface area contributed by atoms with E-state index in [0.717, 1.165) is 51.5 Å². The van der Waals surface area contributed by atoms with Crippen LogP contribution in [0.5, 0.6) is 0 Å². The van der Waals surface area contributed by atoms with Gasteiger partial charge < -0.3 is 20.3 Å². The van der Waals surface area contributed by atoms with Crippen LogP contribution < -0.4 is 5.73 Å². The fourth-order valence-corrected chi connectivity index (χ4v) is 13.1. The lowest BCUT2D eigenvalue weighted by Gasteiger charge is -2.71. The first-order valence-corrected chi connectivity index (χ1v) is 20.2. The number of aliphatic carboxylic acids is 1. The molecule has 0 unspecified atom stereocenters. The van der Waals surface area contributed by atoms with Crippen LogP contribution in [0.25, 0.3) is 0 Å². The number of likely N-dealkylation sites (N-methyl/N-ethyl adjacent to an activating group) is 1. The Labute approximate surface area is 308 Å². The Morgan fingerprint density at radius 1 is 1.14 bits per heavy atom. The van der Waals surface area contributed by atoms with Crippen molar-refractivity contribution in [3.63, 3.8) is 0 Å². The van der Waals surface area contributed by atoms with Gasteiger partial charge in [-0.3, -0.25) is 9.69 Å². The first kappa shape index (κ1) is 38.7. The van der Waals surface area contributed by atoms with Gasteiger partial charge >= 0.3 is 5.97 Å². The molecule has 0 spiro atoms. The molecule has 4 fully saturated rings. The van der Waals surface area contributed by atoms with Gasteiger partial charge in [-0.2, -0.15) is 4.80 Å². The highest BCUT2D eigenvalue weighted by Crippen LogP contribution is 2.75. The van der Waals surface area contributed by atoms with Gasteiger partial charge in [-0.05, 0) is 117 Å². The number of nitrogens with zero attached hydrogens (tertiary/aromatic N) is 5. The van der Waals surface area contributed by atoms with E-state index in [0.29, 0.717) is 43.5 Å². The highest BCUT2D eigenvalue weighted by molar-refractivity contribution is 5.73. The van der Waals surface area contributed by atoms with Crippen LogP contribution in [0.4, 0.5) is 5.95 Å². The summed E-state index contributed by atoms with van der Waals surface area (Å²) in [6, 6.07) is -0.165. The molecule has 1 saturated heterocycles. The third kappa shape index (κ3) is 5.48. The van der Waals surface area contributed by atoms with Crippen LogP contribution in [0, 0.1) is 62.6 Å². The molecule has 12 atom stereocenters. The third-order valence-electron chi connectivity index (χ3n) is 17.1. The maximum atomic E-state index is 13.5. The molecule has 2 bridgehead atoms. The number of anilines is 1. The number of hydrogen-bond acceptors (Lipinski definition) is 8. The molecule has 2 heterocycles. The van der Waals surface area contributed by atoms with Gasteiger partial charge in [-0.25, -0.2) is 0 Å². The van der Waals surface area contributed by atoms with Crippen molar-refractivity contribution in [2.75, 3.05) is 39.1 Å². The van der Waals surface area contributed by atoms with Crippen LogP contribution in [-0.4, -0.2) is 81.2 Å². The first-order valence-electron chi connectivity index (χ1n) is 20.2. The van der Waals surface area contributed by atoms with Crippen molar-refractivity contribution in [2.24, 2.45) is 62.6 Å². The summed E-state index contributed by atoms with van der Waals surface area (Å²) in [5.41, 5.74) is 6.20. The van der Waals surface area contributed by atoms with E-state index >= 15 is 0 Å². The SMILES string of the molecule is CCCN(C)[C@@](C)(CO[C@H]1[C@H](n2nnc(N)n2)C[C@@]23COC[C@]1(C)[C@@H]2CC[C@H]1C3=CC[C@@]2(C)[C@H](C(=O)O)[C@@](C)([C@H](C)C(C)C)CC[C@]12C)C(C)C. The summed E-state index contributed by atoms with van der Waals surface area (Å²) in [6.07, 6.45) is 9.07. The smallest absolute Gasteiger partial charge is 0.307 e. The maximum absolute atomic E-state index is 13.5. The number of nitrogen functional groups attached to an aromatic ring is 1.